The summed E-state index contributed by atoms with van der Waals surface area (Å²) in [5.74, 6) is 5.49. The van der Waals surface area contributed by atoms with E-state index >= 15 is 0 Å². The number of benzene rings is 1. The predicted molar refractivity (Wildman–Crippen MR) is 61.1 cm³/mol. The Hall–Kier alpha value is -0.860. The molecular formula is C12H20N2. The summed E-state index contributed by atoms with van der Waals surface area (Å²) in [5, 5.41) is 0. The second kappa shape index (κ2) is 4.11. The standard InChI is InChI=1S/C12H20N2/c1-7-6-8(2)10(4)12(9(7)3)11(5)14-13/h6,11,14H,13H2,1-5H3/t11-/m0/s1. The number of nitrogens with one attached hydrogen (secondary N) is 1. The second-order valence-corrected chi connectivity index (χ2v) is 4.06. The van der Waals surface area contributed by atoms with Crippen LogP contribution in [0.2, 0.25) is 0 Å². The van der Waals surface area contributed by atoms with Crippen LogP contribution in [0, 0.1) is 27.7 Å². The molecule has 1 atom stereocenters. The lowest BCUT2D eigenvalue weighted by Crippen LogP contribution is -2.27. The minimum atomic E-state index is 0.216. The Kier molecular flexibility index (Phi) is 3.29. The van der Waals surface area contributed by atoms with E-state index < -0.39 is 0 Å². The van der Waals surface area contributed by atoms with E-state index in [9.17, 15) is 0 Å². The topological polar surface area (TPSA) is 38.0 Å². The van der Waals surface area contributed by atoms with Crippen LogP contribution in [0.3, 0.4) is 0 Å². The third kappa shape index (κ3) is 1.81. The zero-order valence-corrected chi connectivity index (χ0v) is 9.73. The van der Waals surface area contributed by atoms with Gasteiger partial charge < -0.3 is 0 Å². The van der Waals surface area contributed by atoms with Crippen LogP contribution >= 0.6 is 0 Å². The first kappa shape index (κ1) is 11.2. The third-order valence-corrected chi connectivity index (χ3v) is 3.11. The Morgan fingerprint density at radius 3 is 1.86 bits per heavy atom. The molecule has 0 radical (unpaired) electrons. The van der Waals surface area contributed by atoms with Gasteiger partial charge in [0.15, 0.2) is 0 Å². The molecule has 78 valence electrons. The monoisotopic (exact) mass is 192 g/mol. The van der Waals surface area contributed by atoms with Crippen LogP contribution in [0.25, 0.3) is 0 Å². The molecule has 0 heterocycles. The third-order valence-electron chi connectivity index (χ3n) is 3.11. The van der Waals surface area contributed by atoms with Gasteiger partial charge >= 0.3 is 0 Å². The molecule has 0 aliphatic heterocycles. The maximum Gasteiger partial charge on any atom is 0.0437 e. The first-order chi connectivity index (χ1) is 6.49. The average molecular weight is 192 g/mol. The van der Waals surface area contributed by atoms with Crippen molar-refractivity contribution in [3.8, 4) is 0 Å². The van der Waals surface area contributed by atoms with Crippen molar-refractivity contribution in [3.05, 3.63) is 33.9 Å². The quantitative estimate of drug-likeness (QED) is 0.558. The molecule has 1 aromatic carbocycles. The lowest BCUT2D eigenvalue weighted by Gasteiger charge is -2.20. The highest BCUT2D eigenvalue weighted by atomic mass is 15.2. The highest BCUT2D eigenvalue weighted by molar-refractivity contribution is 5.45. The molecule has 3 N–H and O–H groups in total. The lowest BCUT2D eigenvalue weighted by atomic mass is 9.90. The smallest absolute Gasteiger partial charge is 0.0437 e. The molecule has 0 saturated carbocycles. The molecule has 1 rings (SSSR count). The van der Waals surface area contributed by atoms with E-state index in [-0.39, 0.29) is 6.04 Å². The maximum absolute atomic E-state index is 5.49. The highest BCUT2D eigenvalue weighted by Crippen LogP contribution is 2.26. The fourth-order valence-corrected chi connectivity index (χ4v) is 1.98. The lowest BCUT2D eigenvalue weighted by molar-refractivity contribution is 0.595. The van der Waals surface area contributed by atoms with Gasteiger partial charge in [0.1, 0.15) is 0 Å². The zero-order valence-electron chi connectivity index (χ0n) is 9.73. The first-order valence-corrected chi connectivity index (χ1v) is 5.02. The average Bonchev–Trinajstić information content (AvgIpc) is 2.15. The van der Waals surface area contributed by atoms with Crippen molar-refractivity contribution in [1.29, 1.82) is 0 Å². The fourth-order valence-electron chi connectivity index (χ4n) is 1.98. The van der Waals surface area contributed by atoms with E-state index in [1.807, 2.05) is 0 Å². The molecule has 0 aliphatic rings. The van der Waals surface area contributed by atoms with E-state index in [1.165, 1.54) is 27.8 Å². The van der Waals surface area contributed by atoms with Gasteiger partial charge in [-0.3, -0.25) is 11.3 Å². The number of hydrazine groups is 1. The van der Waals surface area contributed by atoms with Gasteiger partial charge in [-0.15, -0.1) is 0 Å². The maximum atomic E-state index is 5.49. The molecule has 14 heavy (non-hydrogen) atoms. The van der Waals surface area contributed by atoms with E-state index in [4.69, 9.17) is 5.84 Å². The van der Waals surface area contributed by atoms with Gasteiger partial charge in [-0.05, 0) is 62.4 Å². The van der Waals surface area contributed by atoms with Gasteiger partial charge in [0.2, 0.25) is 0 Å². The zero-order chi connectivity index (χ0) is 10.9. The van der Waals surface area contributed by atoms with Crippen molar-refractivity contribution in [3.63, 3.8) is 0 Å². The molecule has 0 amide bonds. The molecule has 2 nitrogen and oxygen atoms in total. The SMILES string of the molecule is Cc1cc(C)c(C)c([C@H](C)NN)c1C. The molecule has 0 bridgehead atoms. The second-order valence-electron chi connectivity index (χ2n) is 4.06. The van der Waals surface area contributed by atoms with Crippen LogP contribution in [0.15, 0.2) is 6.07 Å². The fraction of sp³-hybridized carbons (Fsp3) is 0.500. The first-order valence-electron chi connectivity index (χ1n) is 5.02. The molecule has 1 aromatic rings. The van der Waals surface area contributed by atoms with Gasteiger partial charge in [-0.2, -0.15) is 0 Å². The predicted octanol–water partition coefficient (Wildman–Crippen LogP) is 2.44. The van der Waals surface area contributed by atoms with Crippen molar-refractivity contribution in [2.45, 2.75) is 40.7 Å². The summed E-state index contributed by atoms with van der Waals surface area (Å²) < 4.78 is 0. The van der Waals surface area contributed by atoms with Crippen LogP contribution < -0.4 is 11.3 Å². The molecule has 0 fully saturated rings. The molecule has 0 unspecified atom stereocenters. The van der Waals surface area contributed by atoms with Gasteiger partial charge in [-0.1, -0.05) is 6.07 Å². The van der Waals surface area contributed by atoms with Crippen LogP contribution in [0.1, 0.15) is 40.8 Å². The molecule has 2 heteroatoms. The number of nitrogens with two attached hydrogens (primary N) is 1. The highest BCUT2D eigenvalue weighted by Gasteiger charge is 2.13. The van der Waals surface area contributed by atoms with Crippen molar-refractivity contribution in [2.24, 2.45) is 5.84 Å². The summed E-state index contributed by atoms with van der Waals surface area (Å²) in [6.45, 7) is 10.7. The molecular weight excluding hydrogens is 172 g/mol. The van der Waals surface area contributed by atoms with Gasteiger partial charge in [0.05, 0.1) is 0 Å². The normalized spacial score (nSPS) is 13.0. The van der Waals surface area contributed by atoms with E-state index in [0.717, 1.165) is 0 Å². The van der Waals surface area contributed by atoms with Crippen LogP contribution in [0.5, 0.6) is 0 Å². The van der Waals surface area contributed by atoms with Crippen LogP contribution in [-0.2, 0) is 0 Å². The molecule has 0 aliphatic carbocycles. The molecule has 0 aromatic heterocycles. The van der Waals surface area contributed by atoms with Gasteiger partial charge in [0, 0.05) is 6.04 Å². The molecule has 0 spiro atoms. The Morgan fingerprint density at radius 2 is 1.50 bits per heavy atom. The minimum Gasteiger partial charge on any atom is -0.271 e. The number of rotatable bonds is 2. The van der Waals surface area contributed by atoms with Gasteiger partial charge in [0.25, 0.3) is 0 Å². The Balaban J connectivity index is 3.39. The van der Waals surface area contributed by atoms with Crippen molar-refractivity contribution in [1.82, 2.24) is 5.43 Å². The molecule has 0 saturated heterocycles. The number of aryl methyl sites for hydroxylation is 2. The minimum absolute atomic E-state index is 0.216. The summed E-state index contributed by atoms with van der Waals surface area (Å²) in [7, 11) is 0. The van der Waals surface area contributed by atoms with Crippen LogP contribution in [-0.4, -0.2) is 0 Å². The van der Waals surface area contributed by atoms with Crippen molar-refractivity contribution in [2.75, 3.05) is 0 Å². The Bertz CT molecular complexity index is 316. The van der Waals surface area contributed by atoms with Crippen molar-refractivity contribution >= 4 is 0 Å². The Morgan fingerprint density at radius 1 is 1.07 bits per heavy atom. The largest absolute Gasteiger partial charge is 0.271 e. The van der Waals surface area contributed by atoms with E-state index in [1.54, 1.807) is 0 Å². The summed E-state index contributed by atoms with van der Waals surface area (Å²) in [4.78, 5) is 0. The van der Waals surface area contributed by atoms with Gasteiger partial charge in [-0.25, -0.2) is 0 Å². The van der Waals surface area contributed by atoms with E-state index in [2.05, 4.69) is 46.1 Å². The summed E-state index contributed by atoms with van der Waals surface area (Å²) in [5.41, 5.74) is 9.52. The van der Waals surface area contributed by atoms with Crippen molar-refractivity contribution < 1.29 is 0 Å². The summed E-state index contributed by atoms with van der Waals surface area (Å²) in [6.07, 6.45) is 0. The summed E-state index contributed by atoms with van der Waals surface area (Å²) in [6, 6.07) is 2.45. The van der Waals surface area contributed by atoms with Crippen LogP contribution in [0.4, 0.5) is 0 Å². The Labute approximate surface area is 86.5 Å². The van der Waals surface area contributed by atoms with E-state index in [0.29, 0.717) is 0 Å². The summed E-state index contributed by atoms with van der Waals surface area (Å²) >= 11 is 0. The number of hydrogen-bond acceptors (Lipinski definition) is 2. The number of hydrogen-bond donors (Lipinski definition) is 2.